The molecule has 1 unspecified atom stereocenters. The second kappa shape index (κ2) is 7.17. The molecule has 2 nitrogen and oxygen atoms in total. The van der Waals surface area contributed by atoms with Crippen molar-refractivity contribution in [3.05, 3.63) is 0 Å². The van der Waals surface area contributed by atoms with Crippen molar-refractivity contribution in [3.8, 4) is 0 Å². The van der Waals surface area contributed by atoms with Gasteiger partial charge in [0.15, 0.2) is 0 Å². The molecule has 1 rings (SSSR count). The van der Waals surface area contributed by atoms with Gasteiger partial charge in [-0.15, -0.1) is 0 Å². The van der Waals surface area contributed by atoms with Crippen molar-refractivity contribution in [2.24, 2.45) is 5.92 Å². The van der Waals surface area contributed by atoms with Gasteiger partial charge in [-0.3, -0.25) is 0 Å². The van der Waals surface area contributed by atoms with Crippen LogP contribution in [0.1, 0.15) is 33.1 Å². The van der Waals surface area contributed by atoms with E-state index in [1.54, 1.807) is 0 Å². The van der Waals surface area contributed by atoms with Crippen molar-refractivity contribution in [3.63, 3.8) is 0 Å². The summed E-state index contributed by atoms with van der Waals surface area (Å²) in [5.41, 5.74) is 0. The van der Waals surface area contributed by atoms with Crippen molar-refractivity contribution < 1.29 is 8.78 Å². The average molecular weight is 234 g/mol. The molecule has 0 radical (unpaired) electrons. The molecule has 1 atom stereocenters. The SMILES string of the molecule is CC1CCN(CCCNC(C)C(F)F)CC1. The van der Waals surface area contributed by atoms with E-state index in [1.807, 2.05) is 0 Å². The van der Waals surface area contributed by atoms with E-state index in [4.69, 9.17) is 0 Å². The highest BCUT2D eigenvalue weighted by atomic mass is 19.3. The van der Waals surface area contributed by atoms with Gasteiger partial charge >= 0.3 is 0 Å². The first-order valence-electron chi connectivity index (χ1n) is 6.33. The van der Waals surface area contributed by atoms with E-state index < -0.39 is 12.5 Å². The van der Waals surface area contributed by atoms with Gasteiger partial charge in [0.2, 0.25) is 0 Å². The maximum Gasteiger partial charge on any atom is 0.253 e. The van der Waals surface area contributed by atoms with Crippen LogP contribution in [-0.2, 0) is 0 Å². The molecule has 16 heavy (non-hydrogen) atoms. The van der Waals surface area contributed by atoms with Gasteiger partial charge in [0.05, 0.1) is 6.04 Å². The van der Waals surface area contributed by atoms with Crippen molar-refractivity contribution in [2.45, 2.75) is 45.6 Å². The fourth-order valence-corrected chi connectivity index (χ4v) is 2.01. The third kappa shape index (κ3) is 5.21. The number of halogens is 2. The molecular formula is C12H24F2N2. The van der Waals surface area contributed by atoms with E-state index in [0.29, 0.717) is 6.54 Å². The highest BCUT2D eigenvalue weighted by Crippen LogP contribution is 2.15. The zero-order valence-electron chi connectivity index (χ0n) is 10.4. The minimum atomic E-state index is -2.25. The third-order valence-electron chi connectivity index (χ3n) is 3.37. The molecule has 1 aliphatic rings. The molecule has 1 saturated heterocycles. The van der Waals surface area contributed by atoms with Gasteiger partial charge in [0.1, 0.15) is 0 Å². The van der Waals surface area contributed by atoms with E-state index in [-0.39, 0.29) is 0 Å². The van der Waals surface area contributed by atoms with Crippen molar-refractivity contribution in [2.75, 3.05) is 26.2 Å². The van der Waals surface area contributed by atoms with Gasteiger partial charge in [-0.05, 0) is 58.3 Å². The topological polar surface area (TPSA) is 15.3 Å². The summed E-state index contributed by atoms with van der Waals surface area (Å²) >= 11 is 0. The van der Waals surface area contributed by atoms with Crippen LogP contribution in [0.25, 0.3) is 0 Å². The van der Waals surface area contributed by atoms with Crippen LogP contribution in [0.4, 0.5) is 8.78 Å². The van der Waals surface area contributed by atoms with E-state index in [1.165, 1.54) is 32.9 Å². The Hall–Kier alpha value is -0.220. The lowest BCUT2D eigenvalue weighted by molar-refractivity contribution is 0.105. The van der Waals surface area contributed by atoms with Crippen LogP contribution in [0.2, 0.25) is 0 Å². The number of piperidine rings is 1. The molecule has 4 heteroatoms. The number of rotatable bonds is 6. The quantitative estimate of drug-likeness (QED) is 0.710. The summed E-state index contributed by atoms with van der Waals surface area (Å²) in [7, 11) is 0. The van der Waals surface area contributed by atoms with Gasteiger partial charge in [-0.1, -0.05) is 6.92 Å². The lowest BCUT2D eigenvalue weighted by Gasteiger charge is -2.30. The van der Waals surface area contributed by atoms with E-state index >= 15 is 0 Å². The standard InChI is InChI=1S/C12H24F2N2/c1-10-4-8-16(9-5-10)7-3-6-15-11(2)12(13)14/h10-12,15H,3-9H2,1-2H3. The Labute approximate surface area is 97.4 Å². The van der Waals surface area contributed by atoms with Gasteiger partial charge in [-0.25, -0.2) is 8.78 Å². The smallest absolute Gasteiger partial charge is 0.253 e. The van der Waals surface area contributed by atoms with Crippen LogP contribution < -0.4 is 5.32 Å². The third-order valence-corrected chi connectivity index (χ3v) is 3.37. The van der Waals surface area contributed by atoms with E-state index in [0.717, 1.165) is 18.9 Å². The predicted molar refractivity (Wildman–Crippen MR) is 62.9 cm³/mol. The van der Waals surface area contributed by atoms with E-state index in [9.17, 15) is 8.78 Å². The van der Waals surface area contributed by atoms with Crippen LogP contribution in [0.15, 0.2) is 0 Å². The fourth-order valence-electron chi connectivity index (χ4n) is 2.01. The normalized spacial score (nSPS) is 21.6. The molecule has 0 amide bonds. The Balaban J connectivity index is 1.99. The predicted octanol–water partition coefficient (Wildman–Crippen LogP) is 2.35. The number of hydrogen-bond donors (Lipinski definition) is 1. The molecule has 1 heterocycles. The number of alkyl halides is 2. The van der Waals surface area contributed by atoms with Crippen molar-refractivity contribution >= 4 is 0 Å². The van der Waals surface area contributed by atoms with E-state index in [2.05, 4.69) is 17.1 Å². The fraction of sp³-hybridized carbons (Fsp3) is 1.00. The Morgan fingerprint density at radius 1 is 1.31 bits per heavy atom. The number of nitrogens with one attached hydrogen (secondary N) is 1. The zero-order valence-corrected chi connectivity index (χ0v) is 10.4. The molecule has 1 aliphatic heterocycles. The van der Waals surface area contributed by atoms with Gasteiger partial charge in [0, 0.05) is 0 Å². The minimum absolute atomic E-state index is 0.679. The lowest BCUT2D eigenvalue weighted by Crippen LogP contribution is -2.37. The first-order valence-corrected chi connectivity index (χ1v) is 6.33. The molecule has 0 spiro atoms. The molecule has 1 fully saturated rings. The van der Waals surface area contributed by atoms with Crippen LogP contribution in [0.3, 0.4) is 0 Å². The molecule has 0 bridgehead atoms. The average Bonchev–Trinajstić information content (AvgIpc) is 2.26. The maximum absolute atomic E-state index is 12.2. The first-order chi connectivity index (χ1) is 7.59. The maximum atomic E-state index is 12.2. The minimum Gasteiger partial charge on any atom is -0.309 e. The zero-order chi connectivity index (χ0) is 12.0. The summed E-state index contributed by atoms with van der Waals surface area (Å²) in [5.74, 6) is 0.855. The molecular weight excluding hydrogens is 210 g/mol. The van der Waals surface area contributed by atoms with Crippen molar-refractivity contribution in [1.82, 2.24) is 10.2 Å². The number of likely N-dealkylation sites (tertiary alicyclic amines) is 1. The largest absolute Gasteiger partial charge is 0.309 e. The molecule has 0 aromatic carbocycles. The number of nitrogens with zero attached hydrogens (tertiary/aromatic N) is 1. The Kier molecular flexibility index (Phi) is 6.21. The Bertz CT molecular complexity index is 180. The molecule has 0 aromatic rings. The summed E-state index contributed by atoms with van der Waals surface area (Å²) < 4.78 is 24.4. The lowest BCUT2D eigenvalue weighted by atomic mass is 9.99. The second-order valence-corrected chi connectivity index (χ2v) is 4.95. The van der Waals surface area contributed by atoms with Crippen LogP contribution in [0, 0.1) is 5.92 Å². The van der Waals surface area contributed by atoms with Gasteiger partial charge in [-0.2, -0.15) is 0 Å². The second-order valence-electron chi connectivity index (χ2n) is 4.95. The summed E-state index contributed by atoms with van der Waals surface area (Å²) in [4.78, 5) is 2.44. The summed E-state index contributed by atoms with van der Waals surface area (Å²) in [6.07, 6.45) is 1.27. The van der Waals surface area contributed by atoms with Crippen LogP contribution >= 0.6 is 0 Å². The Morgan fingerprint density at radius 2 is 1.94 bits per heavy atom. The monoisotopic (exact) mass is 234 g/mol. The molecule has 0 aliphatic carbocycles. The highest BCUT2D eigenvalue weighted by molar-refractivity contribution is 4.70. The molecule has 0 aromatic heterocycles. The summed E-state index contributed by atoms with van der Waals surface area (Å²) in [6.45, 7) is 7.90. The van der Waals surface area contributed by atoms with Gasteiger partial charge in [0.25, 0.3) is 6.43 Å². The van der Waals surface area contributed by atoms with Crippen molar-refractivity contribution in [1.29, 1.82) is 0 Å². The van der Waals surface area contributed by atoms with Gasteiger partial charge < -0.3 is 10.2 Å². The Morgan fingerprint density at radius 3 is 2.50 bits per heavy atom. The molecule has 1 N–H and O–H groups in total. The molecule has 96 valence electrons. The summed E-state index contributed by atoms with van der Waals surface area (Å²) in [6, 6.07) is -0.679. The van der Waals surface area contributed by atoms with Crippen LogP contribution in [0.5, 0.6) is 0 Å². The molecule has 0 saturated carbocycles. The first kappa shape index (κ1) is 13.8. The van der Waals surface area contributed by atoms with Crippen LogP contribution in [-0.4, -0.2) is 43.5 Å². The number of hydrogen-bond acceptors (Lipinski definition) is 2. The summed E-state index contributed by atoms with van der Waals surface area (Å²) in [5, 5.41) is 2.85. The highest BCUT2D eigenvalue weighted by Gasteiger charge is 2.16.